The number of carbonyl (C=O) groups is 1. The van der Waals surface area contributed by atoms with E-state index in [1.165, 1.54) is 0 Å². The fourth-order valence-electron chi connectivity index (χ4n) is 4.10. The number of hydrogen-bond acceptors (Lipinski definition) is 1. The maximum atomic E-state index is 12.4. The van der Waals surface area contributed by atoms with Crippen molar-refractivity contribution in [2.24, 2.45) is 0 Å². The van der Waals surface area contributed by atoms with Crippen LogP contribution >= 0.6 is 0 Å². The number of rotatable bonds is 6. The minimum Gasteiger partial charge on any atom is -0.334 e. The Morgan fingerprint density at radius 2 is 1.23 bits per heavy atom. The second-order valence-corrected chi connectivity index (χ2v) is 14.2. The summed E-state index contributed by atoms with van der Waals surface area (Å²) in [6.07, 6.45) is 1.63. The van der Waals surface area contributed by atoms with E-state index in [4.69, 9.17) is 0 Å². The normalized spacial score (nSPS) is 12.4. The van der Waals surface area contributed by atoms with Gasteiger partial charge in [-0.25, -0.2) is 0 Å². The molecular formula is C23H39NOSi. The summed E-state index contributed by atoms with van der Waals surface area (Å²) in [4.78, 5) is 14.3. The fourth-order valence-corrected chi connectivity index (χ4v) is 9.25. The van der Waals surface area contributed by atoms with E-state index in [0.717, 1.165) is 5.57 Å². The van der Waals surface area contributed by atoms with Crippen molar-refractivity contribution in [2.75, 3.05) is 0 Å². The monoisotopic (exact) mass is 373 g/mol. The van der Waals surface area contributed by atoms with Crippen LogP contribution in [0.5, 0.6) is 0 Å². The second kappa shape index (κ2) is 10.6. The van der Waals surface area contributed by atoms with Gasteiger partial charge in [-0.3, -0.25) is 4.79 Å². The SMILES string of the molecule is C/C(C#CC#C[Si](C(C)C)(C(C)C)C(C)C)=C\C(=O)N(C(C)C)C(C)C. The molecule has 0 atom stereocenters. The van der Waals surface area contributed by atoms with Crippen LogP contribution in [0.1, 0.15) is 76.2 Å². The molecule has 0 fully saturated rings. The van der Waals surface area contributed by atoms with Gasteiger partial charge >= 0.3 is 0 Å². The topological polar surface area (TPSA) is 20.3 Å². The standard InChI is InChI=1S/C23H39NOSi/c1-17(2)24(18(3)4)23(25)16-22(11)14-12-13-15-26(19(5)6,20(7)8)21(9)10/h16-21H,1-11H3/b22-16+. The molecule has 26 heavy (non-hydrogen) atoms. The van der Waals surface area contributed by atoms with Crippen molar-refractivity contribution in [2.45, 2.75) is 105 Å². The Balaban J connectivity index is 5.52. The van der Waals surface area contributed by atoms with E-state index >= 15 is 0 Å². The minimum absolute atomic E-state index is 0.0185. The molecule has 0 saturated carbocycles. The average Bonchev–Trinajstić information content (AvgIpc) is 2.44. The summed E-state index contributed by atoms with van der Waals surface area (Å²) in [5.41, 5.74) is 6.15. The third-order valence-corrected chi connectivity index (χ3v) is 11.5. The molecule has 0 heterocycles. The van der Waals surface area contributed by atoms with E-state index < -0.39 is 8.07 Å². The first kappa shape index (κ1) is 24.5. The highest BCUT2D eigenvalue weighted by atomic mass is 28.3. The van der Waals surface area contributed by atoms with Crippen LogP contribution in [0.2, 0.25) is 16.6 Å². The molecule has 0 aromatic rings. The Bertz CT molecular complexity index is 588. The van der Waals surface area contributed by atoms with Gasteiger partial charge in [0, 0.05) is 23.7 Å². The quantitative estimate of drug-likeness (QED) is 0.327. The van der Waals surface area contributed by atoms with Crippen LogP contribution in [0.4, 0.5) is 0 Å². The molecule has 1 amide bonds. The minimum atomic E-state index is -1.74. The molecule has 3 heteroatoms. The Kier molecular flexibility index (Phi) is 10.0. The molecule has 0 aromatic carbocycles. The summed E-state index contributed by atoms with van der Waals surface area (Å²) in [7, 11) is -1.74. The van der Waals surface area contributed by atoms with Crippen molar-refractivity contribution in [3.05, 3.63) is 11.6 Å². The Morgan fingerprint density at radius 1 is 0.808 bits per heavy atom. The lowest BCUT2D eigenvalue weighted by Gasteiger charge is -2.37. The van der Waals surface area contributed by atoms with Crippen molar-refractivity contribution in [1.82, 2.24) is 4.90 Å². The Labute approximate surface area is 163 Å². The van der Waals surface area contributed by atoms with Crippen LogP contribution in [0, 0.1) is 23.3 Å². The molecule has 0 spiro atoms. The van der Waals surface area contributed by atoms with E-state index in [1.54, 1.807) is 6.08 Å². The molecule has 0 bridgehead atoms. The highest BCUT2D eigenvalue weighted by Crippen LogP contribution is 2.40. The lowest BCUT2D eigenvalue weighted by Crippen LogP contribution is -2.43. The van der Waals surface area contributed by atoms with Crippen molar-refractivity contribution >= 4 is 14.0 Å². The van der Waals surface area contributed by atoms with Gasteiger partial charge in [0.05, 0.1) is 0 Å². The predicted octanol–water partition coefficient (Wildman–Crippen LogP) is 5.80. The van der Waals surface area contributed by atoms with Gasteiger partial charge in [-0.1, -0.05) is 47.5 Å². The second-order valence-electron chi connectivity index (χ2n) is 8.66. The zero-order valence-corrected chi connectivity index (χ0v) is 19.8. The molecule has 0 saturated heterocycles. The largest absolute Gasteiger partial charge is 0.334 e. The number of amides is 1. The summed E-state index contributed by atoms with van der Waals surface area (Å²) in [5, 5.41) is 0. The first-order valence-electron chi connectivity index (χ1n) is 9.91. The lowest BCUT2D eigenvalue weighted by atomic mass is 10.2. The Morgan fingerprint density at radius 3 is 1.58 bits per heavy atom. The van der Waals surface area contributed by atoms with E-state index in [-0.39, 0.29) is 18.0 Å². The highest BCUT2D eigenvalue weighted by Gasteiger charge is 2.41. The molecule has 0 N–H and O–H groups in total. The lowest BCUT2D eigenvalue weighted by molar-refractivity contribution is -0.129. The van der Waals surface area contributed by atoms with Crippen molar-refractivity contribution < 1.29 is 4.79 Å². The zero-order chi connectivity index (χ0) is 20.7. The first-order chi connectivity index (χ1) is 11.9. The van der Waals surface area contributed by atoms with E-state index in [1.807, 2.05) is 39.5 Å². The number of nitrogens with zero attached hydrogens (tertiary/aromatic N) is 1. The van der Waals surface area contributed by atoms with Gasteiger partial charge in [0.2, 0.25) is 5.91 Å². The van der Waals surface area contributed by atoms with Gasteiger partial charge in [-0.15, -0.1) is 5.54 Å². The third kappa shape index (κ3) is 6.37. The summed E-state index contributed by atoms with van der Waals surface area (Å²) in [6, 6.07) is 0.350. The zero-order valence-electron chi connectivity index (χ0n) is 18.8. The van der Waals surface area contributed by atoms with Crippen molar-refractivity contribution in [3.63, 3.8) is 0 Å². The number of hydrogen-bond donors (Lipinski definition) is 0. The summed E-state index contributed by atoms with van der Waals surface area (Å²) >= 11 is 0. The number of carbonyl (C=O) groups excluding carboxylic acids is 1. The Hall–Kier alpha value is -1.45. The van der Waals surface area contributed by atoms with Gasteiger partial charge in [0.15, 0.2) is 0 Å². The van der Waals surface area contributed by atoms with Gasteiger partial charge in [-0.05, 0) is 63.1 Å². The molecule has 0 aliphatic rings. The fraction of sp³-hybridized carbons (Fsp3) is 0.696. The van der Waals surface area contributed by atoms with Crippen LogP contribution in [-0.4, -0.2) is 31.0 Å². The molecule has 0 aromatic heterocycles. The maximum absolute atomic E-state index is 12.4. The van der Waals surface area contributed by atoms with Gasteiger partial charge in [-0.2, -0.15) is 0 Å². The van der Waals surface area contributed by atoms with E-state index in [0.29, 0.717) is 16.6 Å². The molecule has 146 valence electrons. The molecule has 0 rings (SSSR count). The molecule has 2 nitrogen and oxygen atoms in total. The van der Waals surface area contributed by atoms with Gasteiger partial charge in [0.25, 0.3) is 0 Å². The number of allylic oxidation sites excluding steroid dienone is 1. The van der Waals surface area contributed by atoms with Crippen LogP contribution < -0.4 is 0 Å². The van der Waals surface area contributed by atoms with Gasteiger partial charge < -0.3 is 4.90 Å². The highest BCUT2D eigenvalue weighted by molar-refractivity contribution is 6.90. The van der Waals surface area contributed by atoms with Crippen molar-refractivity contribution in [1.29, 1.82) is 0 Å². The van der Waals surface area contributed by atoms with Crippen molar-refractivity contribution in [3.8, 4) is 23.3 Å². The molecular weight excluding hydrogens is 334 g/mol. The van der Waals surface area contributed by atoms with E-state index in [2.05, 4.69) is 64.8 Å². The van der Waals surface area contributed by atoms with Crippen LogP contribution in [0.15, 0.2) is 11.6 Å². The molecule has 0 radical (unpaired) electrons. The summed E-state index contributed by atoms with van der Waals surface area (Å²) in [6.45, 7) is 23.8. The first-order valence-corrected chi connectivity index (χ1v) is 12.1. The molecule has 0 unspecified atom stereocenters. The average molecular weight is 374 g/mol. The molecule has 0 aliphatic carbocycles. The summed E-state index contributed by atoms with van der Waals surface area (Å²) in [5.74, 6) is 9.19. The van der Waals surface area contributed by atoms with Crippen LogP contribution in [-0.2, 0) is 4.79 Å². The van der Waals surface area contributed by atoms with E-state index in [9.17, 15) is 4.79 Å². The summed E-state index contributed by atoms with van der Waals surface area (Å²) < 4.78 is 0. The third-order valence-electron chi connectivity index (χ3n) is 5.17. The van der Waals surface area contributed by atoms with Gasteiger partial charge in [0.1, 0.15) is 8.07 Å². The molecule has 0 aliphatic heterocycles. The smallest absolute Gasteiger partial charge is 0.247 e. The van der Waals surface area contributed by atoms with Crippen LogP contribution in [0.25, 0.3) is 0 Å². The maximum Gasteiger partial charge on any atom is 0.247 e. The van der Waals surface area contributed by atoms with Crippen LogP contribution in [0.3, 0.4) is 0 Å². The predicted molar refractivity (Wildman–Crippen MR) is 117 cm³/mol.